The molecule has 0 aliphatic heterocycles. The molecular weight excluding hydrogens is 248 g/mol. The minimum atomic E-state index is -0.136. The Morgan fingerprint density at radius 2 is 2.22 bits per heavy atom. The van der Waals surface area contributed by atoms with Gasteiger partial charge in [-0.3, -0.25) is 10.6 Å². The molecule has 0 radical (unpaired) electrons. The van der Waals surface area contributed by atoms with Crippen LogP contribution in [0.1, 0.15) is 29.8 Å². The number of hydrazine groups is 1. The van der Waals surface area contributed by atoms with E-state index >= 15 is 0 Å². The highest BCUT2D eigenvalue weighted by molar-refractivity contribution is 7.98. The lowest BCUT2D eigenvalue weighted by Gasteiger charge is -2.05. The Kier molecular flexibility index (Phi) is 7.20. The van der Waals surface area contributed by atoms with Crippen molar-refractivity contribution < 1.29 is 4.79 Å². The van der Waals surface area contributed by atoms with Gasteiger partial charge in [0.1, 0.15) is 5.69 Å². The third kappa shape index (κ3) is 5.37. The minimum absolute atomic E-state index is 0.136. The Morgan fingerprint density at radius 1 is 1.39 bits per heavy atom. The zero-order valence-electron chi connectivity index (χ0n) is 10.6. The molecule has 1 aromatic heterocycles. The first kappa shape index (κ1) is 14.8. The first-order valence-corrected chi connectivity index (χ1v) is 7.37. The number of anilines is 1. The molecule has 0 unspecified atom stereocenters. The molecule has 0 aromatic carbocycles. The van der Waals surface area contributed by atoms with Crippen molar-refractivity contribution in [3.8, 4) is 0 Å². The zero-order valence-corrected chi connectivity index (χ0v) is 11.4. The van der Waals surface area contributed by atoms with Gasteiger partial charge in [0.05, 0.1) is 11.9 Å². The van der Waals surface area contributed by atoms with Gasteiger partial charge in [0.25, 0.3) is 5.91 Å². The lowest BCUT2D eigenvalue weighted by atomic mass is 10.2. The first-order chi connectivity index (χ1) is 8.77. The van der Waals surface area contributed by atoms with Crippen LogP contribution in [0.15, 0.2) is 18.3 Å². The van der Waals surface area contributed by atoms with Crippen LogP contribution in [0.2, 0.25) is 0 Å². The second-order valence-corrected chi connectivity index (χ2v) is 4.87. The second-order valence-electron chi connectivity index (χ2n) is 3.89. The SMILES string of the molecule is CSCCCCCNC(=O)c1ccc(NN)cn1. The summed E-state index contributed by atoms with van der Waals surface area (Å²) >= 11 is 1.85. The molecule has 0 saturated carbocycles. The van der Waals surface area contributed by atoms with Crippen LogP contribution in [0.3, 0.4) is 0 Å². The van der Waals surface area contributed by atoms with Crippen molar-refractivity contribution in [2.24, 2.45) is 5.84 Å². The molecule has 100 valence electrons. The first-order valence-electron chi connectivity index (χ1n) is 5.97. The zero-order chi connectivity index (χ0) is 13.2. The van der Waals surface area contributed by atoms with E-state index in [-0.39, 0.29) is 5.91 Å². The number of hydrogen-bond acceptors (Lipinski definition) is 5. The Balaban J connectivity index is 2.23. The minimum Gasteiger partial charge on any atom is -0.351 e. The number of nitrogens with one attached hydrogen (secondary N) is 2. The third-order valence-corrected chi connectivity index (χ3v) is 3.17. The van der Waals surface area contributed by atoms with E-state index < -0.39 is 0 Å². The summed E-state index contributed by atoms with van der Waals surface area (Å²) in [5, 5.41) is 2.85. The van der Waals surface area contributed by atoms with Crippen LogP contribution in [0.5, 0.6) is 0 Å². The quantitative estimate of drug-likeness (QED) is 0.379. The van der Waals surface area contributed by atoms with Gasteiger partial charge in [0, 0.05) is 6.54 Å². The summed E-state index contributed by atoms with van der Waals surface area (Å²) in [6, 6.07) is 3.37. The van der Waals surface area contributed by atoms with Crippen LogP contribution in [0.25, 0.3) is 0 Å². The number of pyridine rings is 1. The van der Waals surface area contributed by atoms with Crippen molar-refractivity contribution in [1.82, 2.24) is 10.3 Å². The highest BCUT2D eigenvalue weighted by atomic mass is 32.2. The lowest BCUT2D eigenvalue weighted by molar-refractivity contribution is 0.0948. The van der Waals surface area contributed by atoms with Crippen LogP contribution in [0.4, 0.5) is 5.69 Å². The smallest absolute Gasteiger partial charge is 0.269 e. The standard InChI is InChI=1S/C12H20N4OS/c1-18-8-4-2-3-7-14-12(17)11-6-5-10(16-13)9-15-11/h5-6,9,16H,2-4,7-8,13H2,1H3,(H,14,17). The normalized spacial score (nSPS) is 10.1. The van der Waals surface area contributed by atoms with E-state index in [1.807, 2.05) is 11.8 Å². The summed E-state index contributed by atoms with van der Waals surface area (Å²) in [5.74, 6) is 6.27. The molecule has 1 rings (SSSR count). The summed E-state index contributed by atoms with van der Waals surface area (Å²) < 4.78 is 0. The Morgan fingerprint density at radius 3 is 2.83 bits per heavy atom. The molecule has 6 heteroatoms. The van der Waals surface area contributed by atoms with Crippen molar-refractivity contribution in [1.29, 1.82) is 0 Å². The molecule has 1 heterocycles. The van der Waals surface area contributed by atoms with Crippen LogP contribution < -0.4 is 16.6 Å². The molecule has 0 fully saturated rings. The average molecular weight is 268 g/mol. The number of aromatic nitrogens is 1. The van der Waals surface area contributed by atoms with E-state index in [1.165, 1.54) is 18.4 Å². The number of unbranched alkanes of at least 4 members (excludes halogenated alkanes) is 2. The summed E-state index contributed by atoms with van der Waals surface area (Å²) in [6.07, 6.45) is 6.99. The molecule has 4 N–H and O–H groups in total. The van der Waals surface area contributed by atoms with Crippen LogP contribution in [-0.4, -0.2) is 29.4 Å². The number of nitrogens with two attached hydrogens (primary N) is 1. The van der Waals surface area contributed by atoms with Crippen molar-refractivity contribution in [3.05, 3.63) is 24.0 Å². The number of nitrogens with zero attached hydrogens (tertiary/aromatic N) is 1. The van der Waals surface area contributed by atoms with E-state index in [2.05, 4.69) is 22.0 Å². The fourth-order valence-corrected chi connectivity index (χ4v) is 1.95. The molecular formula is C12H20N4OS. The van der Waals surface area contributed by atoms with Crippen LogP contribution in [0, 0.1) is 0 Å². The van der Waals surface area contributed by atoms with Crippen molar-refractivity contribution >= 4 is 23.4 Å². The molecule has 0 atom stereocenters. The number of carbonyl (C=O) groups is 1. The monoisotopic (exact) mass is 268 g/mol. The molecule has 0 aliphatic carbocycles. The summed E-state index contributed by atoms with van der Waals surface area (Å²) in [5.41, 5.74) is 3.57. The molecule has 1 aromatic rings. The van der Waals surface area contributed by atoms with Gasteiger partial charge >= 0.3 is 0 Å². The number of hydrogen-bond donors (Lipinski definition) is 3. The van der Waals surface area contributed by atoms with Gasteiger partial charge in [-0.1, -0.05) is 6.42 Å². The Labute approximate surface area is 112 Å². The van der Waals surface area contributed by atoms with Gasteiger partial charge < -0.3 is 10.7 Å². The van der Waals surface area contributed by atoms with Gasteiger partial charge in [0.2, 0.25) is 0 Å². The fourth-order valence-electron chi connectivity index (χ4n) is 1.45. The maximum absolute atomic E-state index is 11.7. The third-order valence-electron chi connectivity index (χ3n) is 2.47. The number of rotatable bonds is 8. The highest BCUT2D eigenvalue weighted by Gasteiger charge is 2.05. The second kappa shape index (κ2) is 8.77. The van der Waals surface area contributed by atoms with Gasteiger partial charge in [0.15, 0.2) is 0 Å². The van der Waals surface area contributed by atoms with Crippen molar-refractivity contribution in [2.45, 2.75) is 19.3 Å². The van der Waals surface area contributed by atoms with E-state index in [4.69, 9.17) is 5.84 Å². The molecule has 1 amide bonds. The molecule has 0 saturated heterocycles. The van der Waals surface area contributed by atoms with E-state index in [0.29, 0.717) is 17.9 Å². The molecule has 0 bridgehead atoms. The predicted octanol–water partition coefficient (Wildman–Crippen LogP) is 1.63. The van der Waals surface area contributed by atoms with Crippen LogP contribution >= 0.6 is 11.8 Å². The fraction of sp³-hybridized carbons (Fsp3) is 0.500. The van der Waals surface area contributed by atoms with Crippen molar-refractivity contribution in [2.75, 3.05) is 24.0 Å². The molecule has 18 heavy (non-hydrogen) atoms. The number of amides is 1. The molecule has 0 spiro atoms. The number of thioether (sulfide) groups is 1. The molecule has 0 aliphatic rings. The van der Waals surface area contributed by atoms with E-state index in [1.54, 1.807) is 12.1 Å². The maximum Gasteiger partial charge on any atom is 0.269 e. The van der Waals surface area contributed by atoms with Crippen molar-refractivity contribution in [3.63, 3.8) is 0 Å². The van der Waals surface area contributed by atoms with E-state index in [0.717, 1.165) is 12.8 Å². The maximum atomic E-state index is 11.7. The molecule has 5 nitrogen and oxygen atoms in total. The summed E-state index contributed by atoms with van der Waals surface area (Å²) in [6.45, 7) is 0.700. The van der Waals surface area contributed by atoms with Crippen LogP contribution in [-0.2, 0) is 0 Å². The predicted molar refractivity (Wildman–Crippen MR) is 76.6 cm³/mol. The highest BCUT2D eigenvalue weighted by Crippen LogP contribution is 2.04. The Bertz CT molecular complexity index is 356. The van der Waals surface area contributed by atoms with Gasteiger partial charge in [-0.2, -0.15) is 11.8 Å². The lowest BCUT2D eigenvalue weighted by Crippen LogP contribution is -2.25. The topological polar surface area (TPSA) is 80.0 Å². The average Bonchev–Trinajstić information content (AvgIpc) is 2.42. The van der Waals surface area contributed by atoms with Gasteiger partial charge in [-0.25, -0.2) is 4.98 Å². The summed E-state index contributed by atoms with van der Waals surface area (Å²) in [7, 11) is 0. The van der Waals surface area contributed by atoms with E-state index in [9.17, 15) is 4.79 Å². The summed E-state index contributed by atoms with van der Waals surface area (Å²) in [4.78, 5) is 15.7. The Hall–Kier alpha value is -1.27. The number of carbonyl (C=O) groups excluding carboxylic acids is 1. The van der Waals surface area contributed by atoms with Gasteiger partial charge in [-0.05, 0) is 37.0 Å². The van der Waals surface area contributed by atoms with Gasteiger partial charge in [-0.15, -0.1) is 0 Å². The number of nitrogen functional groups attached to an aromatic ring is 1. The largest absolute Gasteiger partial charge is 0.351 e.